The van der Waals surface area contributed by atoms with Crippen molar-refractivity contribution in [2.45, 2.75) is 51.0 Å². The van der Waals surface area contributed by atoms with E-state index in [9.17, 15) is 9.90 Å². The van der Waals surface area contributed by atoms with Gasteiger partial charge in [-0.2, -0.15) is 0 Å². The highest BCUT2D eigenvalue weighted by Crippen LogP contribution is 2.30. The molecule has 1 fully saturated rings. The van der Waals surface area contributed by atoms with E-state index in [0.717, 1.165) is 31.4 Å². The topological polar surface area (TPSA) is 50.2 Å². The molecule has 1 N–H and O–H groups in total. The quantitative estimate of drug-likeness (QED) is 0.631. The molecule has 0 saturated heterocycles. The fraction of sp³-hybridized carbons (Fsp3) is 0.571. The third-order valence-corrected chi connectivity index (χ3v) is 3.53. The lowest BCUT2D eigenvalue weighted by Gasteiger charge is -2.24. The lowest BCUT2D eigenvalue weighted by Crippen LogP contribution is -2.38. The summed E-state index contributed by atoms with van der Waals surface area (Å²) in [6.07, 6.45) is 6.83. The zero-order valence-electron chi connectivity index (χ0n) is 10.3. The van der Waals surface area contributed by atoms with Crippen LogP contribution in [-0.4, -0.2) is 21.5 Å². The molecule has 1 heterocycles. The predicted molar refractivity (Wildman–Crippen MR) is 66.0 cm³/mol. The summed E-state index contributed by atoms with van der Waals surface area (Å²) in [5.41, 5.74) is 0.252. The van der Waals surface area contributed by atoms with Crippen molar-refractivity contribution in [2.75, 3.05) is 0 Å². The SMILES string of the molecule is Cc1ccc(C(=O)C2(O)CCCCCC2)cn1. The number of carbonyl (C=O) groups is 1. The minimum atomic E-state index is -1.16. The summed E-state index contributed by atoms with van der Waals surface area (Å²) in [7, 11) is 0. The van der Waals surface area contributed by atoms with E-state index in [1.165, 1.54) is 0 Å². The molecule has 0 aromatic carbocycles. The van der Waals surface area contributed by atoms with Gasteiger partial charge in [0, 0.05) is 17.5 Å². The summed E-state index contributed by atoms with van der Waals surface area (Å²) in [4.78, 5) is 16.4. The summed E-state index contributed by atoms with van der Waals surface area (Å²) in [6.45, 7) is 1.88. The maximum absolute atomic E-state index is 12.3. The molecule has 3 nitrogen and oxygen atoms in total. The highest BCUT2D eigenvalue weighted by Gasteiger charge is 2.36. The molecule has 1 aliphatic carbocycles. The normalized spacial score (nSPS) is 19.6. The van der Waals surface area contributed by atoms with Gasteiger partial charge < -0.3 is 5.11 Å². The molecule has 92 valence electrons. The highest BCUT2D eigenvalue weighted by molar-refractivity contribution is 6.02. The van der Waals surface area contributed by atoms with E-state index >= 15 is 0 Å². The van der Waals surface area contributed by atoms with E-state index in [1.807, 2.05) is 13.0 Å². The molecule has 2 rings (SSSR count). The Morgan fingerprint density at radius 3 is 2.41 bits per heavy atom. The Balaban J connectivity index is 2.20. The lowest BCUT2D eigenvalue weighted by atomic mass is 9.86. The summed E-state index contributed by atoms with van der Waals surface area (Å²) < 4.78 is 0. The molecule has 0 radical (unpaired) electrons. The number of Topliss-reactive ketones (excluding diaryl/α,β-unsaturated/α-hetero) is 1. The molecular formula is C14H19NO2. The van der Waals surface area contributed by atoms with Crippen LogP contribution in [0.5, 0.6) is 0 Å². The van der Waals surface area contributed by atoms with Gasteiger partial charge in [0.2, 0.25) is 0 Å². The van der Waals surface area contributed by atoms with E-state index in [1.54, 1.807) is 12.3 Å². The van der Waals surface area contributed by atoms with Crippen molar-refractivity contribution in [1.29, 1.82) is 0 Å². The van der Waals surface area contributed by atoms with Gasteiger partial charge in [-0.15, -0.1) is 0 Å². The number of hydrogen-bond acceptors (Lipinski definition) is 3. The van der Waals surface area contributed by atoms with E-state index in [-0.39, 0.29) is 5.78 Å². The Hall–Kier alpha value is -1.22. The second-order valence-corrected chi connectivity index (χ2v) is 4.96. The Kier molecular flexibility index (Phi) is 3.57. The molecule has 1 aromatic rings. The van der Waals surface area contributed by atoms with Gasteiger partial charge in [0.15, 0.2) is 5.78 Å². The number of aromatic nitrogens is 1. The zero-order chi connectivity index (χ0) is 12.3. The van der Waals surface area contributed by atoms with Crippen LogP contribution in [0.2, 0.25) is 0 Å². The average molecular weight is 233 g/mol. The maximum atomic E-state index is 12.3. The van der Waals surface area contributed by atoms with Crippen molar-refractivity contribution >= 4 is 5.78 Å². The van der Waals surface area contributed by atoms with Crippen LogP contribution < -0.4 is 0 Å². The minimum Gasteiger partial charge on any atom is -0.382 e. The van der Waals surface area contributed by atoms with Crippen LogP contribution in [0.25, 0.3) is 0 Å². The van der Waals surface area contributed by atoms with Gasteiger partial charge in [-0.25, -0.2) is 0 Å². The van der Waals surface area contributed by atoms with Crippen molar-refractivity contribution in [2.24, 2.45) is 0 Å². The van der Waals surface area contributed by atoms with Crippen LogP contribution in [0.3, 0.4) is 0 Å². The second-order valence-electron chi connectivity index (χ2n) is 4.96. The third kappa shape index (κ3) is 2.72. The molecular weight excluding hydrogens is 214 g/mol. The van der Waals surface area contributed by atoms with Gasteiger partial charge >= 0.3 is 0 Å². The molecule has 0 bridgehead atoms. The fourth-order valence-corrected chi connectivity index (χ4v) is 2.41. The van der Waals surface area contributed by atoms with Crippen LogP contribution in [0, 0.1) is 6.92 Å². The number of rotatable bonds is 2. The average Bonchev–Trinajstić information content (AvgIpc) is 2.55. The van der Waals surface area contributed by atoms with E-state index < -0.39 is 5.60 Å². The molecule has 1 aromatic heterocycles. The summed E-state index contributed by atoms with van der Waals surface area (Å²) >= 11 is 0. The van der Waals surface area contributed by atoms with Crippen LogP contribution in [0.4, 0.5) is 0 Å². The maximum Gasteiger partial charge on any atom is 0.195 e. The summed E-state index contributed by atoms with van der Waals surface area (Å²) in [6, 6.07) is 3.57. The van der Waals surface area contributed by atoms with Gasteiger partial charge in [0.25, 0.3) is 0 Å². The minimum absolute atomic E-state index is 0.160. The van der Waals surface area contributed by atoms with Crippen molar-refractivity contribution in [1.82, 2.24) is 4.98 Å². The largest absolute Gasteiger partial charge is 0.382 e. The number of nitrogens with zero attached hydrogens (tertiary/aromatic N) is 1. The molecule has 1 saturated carbocycles. The molecule has 0 amide bonds. The van der Waals surface area contributed by atoms with Gasteiger partial charge in [-0.3, -0.25) is 9.78 Å². The summed E-state index contributed by atoms with van der Waals surface area (Å²) in [5.74, 6) is -0.160. The van der Waals surface area contributed by atoms with E-state index in [4.69, 9.17) is 0 Å². The Labute approximate surface area is 102 Å². The predicted octanol–water partition coefficient (Wildman–Crippen LogP) is 2.66. The summed E-state index contributed by atoms with van der Waals surface area (Å²) in [5, 5.41) is 10.5. The number of carbonyl (C=O) groups excluding carboxylic acids is 1. The fourth-order valence-electron chi connectivity index (χ4n) is 2.41. The second kappa shape index (κ2) is 4.96. The van der Waals surface area contributed by atoms with Gasteiger partial charge in [0.05, 0.1) is 0 Å². The highest BCUT2D eigenvalue weighted by atomic mass is 16.3. The standard InChI is InChI=1S/C14H19NO2/c1-11-6-7-12(10-15-11)13(16)14(17)8-4-2-3-5-9-14/h6-7,10,17H,2-5,8-9H2,1H3. The number of aryl methyl sites for hydroxylation is 1. The number of aliphatic hydroxyl groups is 1. The third-order valence-electron chi connectivity index (χ3n) is 3.53. The molecule has 0 atom stereocenters. The molecule has 17 heavy (non-hydrogen) atoms. The van der Waals surface area contributed by atoms with Crippen molar-refractivity contribution in [3.8, 4) is 0 Å². The lowest BCUT2D eigenvalue weighted by molar-refractivity contribution is 0.0237. The first kappa shape index (κ1) is 12.2. The monoisotopic (exact) mass is 233 g/mol. The Morgan fingerprint density at radius 2 is 1.88 bits per heavy atom. The first-order valence-corrected chi connectivity index (χ1v) is 6.32. The Morgan fingerprint density at radius 1 is 1.24 bits per heavy atom. The van der Waals surface area contributed by atoms with Crippen molar-refractivity contribution in [3.63, 3.8) is 0 Å². The number of hydrogen-bond donors (Lipinski definition) is 1. The van der Waals surface area contributed by atoms with Crippen LogP contribution in [-0.2, 0) is 0 Å². The number of ketones is 1. The van der Waals surface area contributed by atoms with Crippen molar-refractivity contribution < 1.29 is 9.90 Å². The number of pyridine rings is 1. The first-order valence-electron chi connectivity index (χ1n) is 6.32. The van der Waals surface area contributed by atoms with Gasteiger partial charge in [-0.1, -0.05) is 25.7 Å². The molecule has 0 unspecified atom stereocenters. The molecule has 3 heteroatoms. The van der Waals surface area contributed by atoms with E-state index in [0.29, 0.717) is 18.4 Å². The first-order chi connectivity index (χ1) is 8.12. The van der Waals surface area contributed by atoms with Crippen molar-refractivity contribution in [3.05, 3.63) is 29.6 Å². The van der Waals surface area contributed by atoms with Gasteiger partial charge in [0.1, 0.15) is 5.60 Å². The van der Waals surface area contributed by atoms with Gasteiger partial charge in [-0.05, 0) is 31.9 Å². The molecule has 0 aliphatic heterocycles. The van der Waals surface area contributed by atoms with E-state index in [2.05, 4.69) is 4.98 Å². The van der Waals surface area contributed by atoms with Crippen LogP contribution in [0.1, 0.15) is 54.6 Å². The molecule has 0 spiro atoms. The zero-order valence-corrected chi connectivity index (χ0v) is 10.3. The molecule has 1 aliphatic rings. The smallest absolute Gasteiger partial charge is 0.195 e. The Bertz CT molecular complexity index is 389. The van der Waals surface area contributed by atoms with Crippen LogP contribution >= 0.6 is 0 Å². The van der Waals surface area contributed by atoms with Crippen LogP contribution in [0.15, 0.2) is 18.3 Å².